The van der Waals surface area contributed by atoms with Gasteiger partial charge in [-0.2, -0.15) is 0 Å². The molecule has 0 radical (unpaired) electrons. The van der Waals surface area contributed by atoms with Gasteiger partial charge in [0.15, 0.2) is 0 Å². The van der Waals surface area contributed by atoms with Gasteiger partial charge in [-0.1, -0.05) is 66.7 Å². The third-order valence-corrected chi connectivity index (χ3v) is 7.60. The van der Waals surface area contributed by atoms with Crippen molar-refractivity contribution in [2.75, 3.05) is 20.1 Å². The lowest BCUT2D eigenvalue weighted by molar-refractivity contribution is 0.0696. The number of hydrogen-bond acceptors (Lipinski definition) is 5. The Balaban J connectivity index is 1.27. The van der Waals surface area contributed by atoms with Gasteiger partial charge in [0.05, 0.1) is 11.7 Å². The Morgan fingerprint density at radius 2 is 1.63 bits per heavy atom. The van der Waals surface area contributed by atoms with Gasteiger partial charge in [-0.25, -0.2) is 9.10 Å². The van der Waals surface area contributed by atoms with Crippen LogP contribution in [0.15, 0.2) is 89.8 Å². The molecule has 0 aliphatic carbocycles. The number of carboxylic acids is 1. The Morgan fingerprint density at radius 3 is 2.34 bits per heavy atom. The largest absolute Gasteiger partial charge is 0.478 e. The molecule has 0 spiro atoms. The summed E-state index contributed by atoms with van der Waals surface area (Å²) in [4.78, 5) is 12.5. The summed E-state index contributed by atoms with van der Waals surface area (Å²) in [7, 11) is 1.97. The minimum absolute atomic E-state index is 0.151. The Labute approximate surface area is 229 Å². The standard InChI is InChI=1S/C32H36N2O3S/c1-22-9-11-27(18-30(22)31(36)37)25-13-15-29(16-14-25)38-34(4)21-28(35)20-33-32(2,3)19-23-10-12-24-7-5-6-8-26(24)17-23/h5-18,28,33,35H,19-21H2,1-4H3,(H,36,37)/t28-/m1/s1. The van der Waals surface area contributed by atoms with Crippen molar-refractivity contribution in [3.8, 4) is 11.1 Å². The fourth-order valence-corrected chi connectivity index (χ4v) is 5.50. The molecule has 0 heterocycles. The number of likely N-dealkylation sites (N-methyl/N-ethyl adjacent to an activating group) is 1. The van der Waals surface area contributed by atoms with Crippen LogP contribution in [0.5, 0.6) is 0 Å². The van der Waals surface area contributed by atoms with E-state index in [1.807, 2.05) is 47.8 Å². The predicted octanol–water partition coefficient (Wildman–Crippen LogP) is 6.42. The normalized spacial score (nSPS) is 12.7. The molecule has 4 aromatic rings. The average molecular weight is 529 g/mol. The molecule has 4 rings (SSSR count). The molecule has 0 saturated carbocycles. The topological polar surface area (TPSA) is 72.8 Å². The number of β-amino-alcohol motifs (C(OH)–C–C–N with tert-alkyl or cyclic N) is 1. The lowest BCUT2D eigenvalue weighted by atomic mass is 9.93. The number of carboxylic acid groups (broad SMARTS) is 1. The molecule has 5 nitrogen and oxygen atoms in total. The number of carbonyl (C=O) groups is 1. The first-order valence-corrected chi connectivity index (χ1v) is 13.6. The van der Waals surface area contributed by atoms with Crippen molar-refractivity contribution in [1.29, 1.82) is 0 Å². The second-order valence-electron chi connectivity index (χ2n) is 10.5. The van der Waals surface area contributed by atoms with Gasteiger partial charge in [-0.05, 0) is 97.4 Å². The van der Waals surface area contributed by atoms with Crippen molar-refractivity contribution in [3.05, 3.63) is 102 Å². The van der Waals surface area contributed by atoms with Crippen LogP contribution in [0, 0.1) is 6.92 Å². The number of nitrogens with one attached hydrogen (secondary N) is 1. The third kappa shape index (κ3) is 7.45. The van der Waals surface area contributed by atoms with Crippen molar-refractivity contribution in [3.63, 3.8) is 0 Å². The predicted molar refractivity (Wildman–Crippen MR) is 158 cm³/mol. The molecule has 4 aromatic carbocycles. The highest BCUT2D eigenvalue weighted by molar-refractivity contribution is 7.97. The Kier molecular flexibility index (Phi) is 8.90. The Bertz CT molecular complexity index is 1400. The van der Waals surface area contributed by atoms with E-state index >= 15 is 0 Å². The van der Waals surface area contributed by atoms with Crippen LogP contribution in [-0.2, 0) is 6.42 Å². The second-order valence-corrected chi connectivity index (χ2v) is 11.8. The monoisotopic (exact) mass is 528 g/mol. The fraction of sp³-hybridized carbons (Fsp3) is 0.281. The van der Waals surface area contributed by atoms with E-state index in [1.54, 1.807) is 24.9 Å². The van der Waals surface area contributed by atoms with Crippen LogP contribution in [0.3, 0.4) is 0 Å². The minimum Gasteiger partial charge on any atom is -0.478 e. The molecule has 6 heteroatoms. The van der Waals surface area contributed by atoms with Crippen LogP contribution in [0.4, 0.5) is 0 Å². The summed E-state index contributed by atoms with van der Waals surface area (Å²) in [6, 6.07) is 28.5. The maximum atomic E-state index is 11.5. The molecule has 0 saturated heterocycles. The van der Waals surface area contributed by atoms with Crippen LogP contribution in [-0.4, -0.2) is 52.3 Å². The highest BCUT2D eigenvalue weighted by Crippen LogP contribution is 2.27. The fourth-order valence-electron chi connectivity index (χ4n) is 4.63. The number of rotatable bonds is 11. The smallest absolute Gasteiger partial charge is 0.335 e. The van der Waals surface area contributed by atoms with Crippen LogP contribution in [0.1, 0.15) is 35.3 Å². The molecular formula is C32H36N2O3S. The number of benzene rings is 4. The van der Waals surface area contributed by atoms with Gasteiger partial charge >= 0.3 is 5.97 Å². The number of fused-ring (bicyclic) bond motifs is 1. The van der Waals surface area contributed by atoms with Gasteiger partial charge in [0.1, 0.15) is 0 Å². The zero-order chi connectivity index (χ0) is 27.3. The summed E-state index contributed by atoms with van der Waals surface area (Å²) in [5, 5.41) is 26.1. The van der Waals surface area contributed by atoms with Gasteiger partial charge in [0.2, 0.25) is 0 Å². The van der Waals surface area contributed by atoms with Crippen molar-refractivity contribution in [1.82, 2.24) is 9.62 Å². The minimum atomic E-state index is -0.914. The number of aromatic carboxylic acids is 1. The van der Waals surface area contributed by atoms with Crippen molar-refractivity contribution >= 4 is 28.7 Å². The summed E-state index contributed by atoms with van der Waals surface area (Å²) in [6.07, 6.45) is 0.362. The van der Waals surface area contributed by atoms with E-state index in [-0.39, 0.29) is 5.54 Å². The van der Waals surface area contributed by atoms with Gasteiger partial charge in [-0.3, -0.25) is 0 Å². The molecule has 0 bridgehead atoms. The average Bonchev–Trinajstić information content (AvgIpc) is 2.88. The van der Waals surface area contributed by atoms with Crippen LogP contribution >= 0.6 is 11.9 Å². The highest BCUT2D eigenvalue weighted by Gasteiger charge is 2.20. The summed E-state index contributed by atoms with van der Waals surface area (Å²) in [6.45, 7) is 7.17. The molecule has 0 unspecified atom stereocenters. The number of nitrogens with zero attached hydrogens (tertiary/aromatic N) is 1. The van der Waals surface area contributed by atoms with E-state index in [0.29, 0.717) is 18.7 Å². The van der Waals surface area contributed by atoms with Gasteiger partial charge < -0.3 is 15.5 Å². The molecular weight excluding hydrogens is 492 g/mol. The maximum absolute atomic E-state index is 11.5. The number of aliphatic hydroxyl groups is 1. The molecule has 38 heavy (non-hydrogen) atoms. The molecule has 0 aliphatic heterocycles. The lowest BCUT2D eigenvalue weighted by Gasteiger charge is -2.29. The number of aryl methyl sites for hydroxylation is 1. The van der Waals surface area contributed by atoms with Crippen LogP contribution in [0.2, 0.25) is 0 Å². The van der Waals surface area contributed by atoms with E-state index in [2.05, 4.69) is 61.6 Å². The first kappa shape index (κ1) is 27.9. The molecule has 0 aromatic heterocycles. The van der Waals surface area contributed by atoms with E-state index in [1.165, 1.54) is 16.3 Å². The van der Waals surface area contributed by atoms with E-state index in [0.717, 1.165) is 28.0 Å². The van der Waals surface area contributed by atoms with Crippen LogP contribution in [0.25, 0.3) is 21.9 Å². The van der Waals surface area contributed by atoms with E-state index in [9.17, 15) is 15.0 Å². The first-order valence-electron chi connectivity index (χ1n) is 12.8. The SMILES string of the molecule is Cc1ccc(-c2ccc(SN(C)C[C@H](O)CNC(C)(C)Cc3ccc4ccccc4c3)cc2)cc1C(=O)O. The molecule has 0 fully saturated rings. The van der Waals surface area contributed by atoms with Crippen molar-refractivity contribution in [2.24, 2.45) is 0 Å². The van der Waals surface area contributed by atoms with Crippen LogP contribution < -0.4 is 5.32 Å². The molecule has 3 N–H and O–H groups in total. The molecule has 0 aliphatic rings. The van der Waals surface area contributed by atoms with Gasteiger partial charge in [0.25, 0.3) is 0 Å². The molecule has 1 atom stereocenters. The Morgan fingerprint density at radius 1 is 0.947 bits per heavy atom. The quantitative estimate of drug-likeness (QED) is 0.195. The summed E-state index contributed by atoms with van der Waals surface area (Å²) in [5.41, 5.74) is 4.05. The van der Waals surface area contributed by atoms with Crippen molar-refractivity contribution < 1.29 is 15.0 Å². The zero-order valence-corrected chi connectivity index (χ0v) is 23.3. The van der Waals surface area contributed by atoms with Gasteiger partial charge in [0, 0.05) is 23.5 Å². The van der Waals surface area contributed by atoms with Crippen molar-refractivity contribution in [2.45, 2.75) is 43.7 Å². The summed E-state index contributed by atoms with van der Waals surface area (Å²) < 4.78 is 2.03. The second kappa shape index (κ2) is 12.1. The molecule has 198 valence electrons. The summed E-state index contributed by atoms with van der Waals surface area (Å²) >= 11 is 1.57. The van der Waals surface area contributed by atoms with E-state index < -0.39 is 12.1 Å². The third-order valence-electron chi connectivity index (χ3n) is 6.66. The summed E-state index contributed by atoms with van der Waals surface area (Å²) in [5.74, 6) is -0.914. The lowest BCUT2D eigenvalue weighted by Crippen LogP contribution is -2.46. The number of aliphatic hydroxyl groups excluding tert-OH is 1. The highest BCUT2D eigenvalue weighted by atomic mass is 32.2. The first-order chi connectivity index (χ1) is 18.1. The zero-order valence-electron chi connectivity index (χ0n) is 22.4. The Hall–Kier alpha value is -3.16. The number of hydrogen-bond donors (Lipinski definition) is 3. The molecule has 0 amide bonds. The van der Waals surface area contributed by atoms with Gasteiger partial charge in [-0.15, -0.1) is 0 Å². The van der Waals surface area contributed by atoms with E-state index in [4.69, 9.17) is 0 Å². The maximum Gasteiger partial charge on any atom is 0.335 e.